The molecule has 0 spiro atoms. The molecule has 1 atom stereocenters. The molecule has 1 amide bonds. The van der Waals surface area contributed by atoms with Gasteiger partial charge in [0, 0.05) is 28.4 Å². The zero-order chi connectivity index (χ0) is 27.0. The number of carbonyl (C=O) groups excluding carboxylic acids is 1. The summed E-state index contributed by atoms with van der Waals surface area (Å²) in [7, 11) is 1.52. The molecule has 0 bridgehead atoms. The van der Waals surface area contributed by atoms with E-state index in [1.165, 1.54) is 19.2 Å². The Balaban J connectivity index is 1.62. The molecule has 2 N–H and O–H groups in total. The number of halogens is 2. The number of anilines is 2. The maximum absolute atomic E-state index is 13.7. The molecule has 1 unspecified atom stereocenters. The van der Waals surface area contributed by atoms with Crippen molar-refractivity contribution < 1.29 is 14.5 Å². The van der Waals surface area contributed by atoms with Crippen LogP contribution in [0.5, 0.6) is 5.75 Å². The van der Waals surface area contributed by atoms with Crippen LogP contribution < -0.4 is 15.4 Å². The largest absolute Gasteiger partial charge is 0.495 e. The van der Waals surface area contributed by atoms with E-state index in [1.807, 2.05) is 0 Å². The molecule has 4 aromatic rings. The van der Waals surface area contributed by atoms with Crippen LogP contribution in [0.2, 0.25) is 10.0 Å². The third kappa shape index (κ3) is 4.67. The average molecular weight is 551 g/mol. The summed E-state index contributed by atoms with van der Waals surface area (Å²) in [6, 6.07) is 17.2. The molecule has 1 aromatic heterocycles. The van der Waals surface area contributed by atoms with Crippen LogP contribution in [0.15, 0.2) is 78.0 Å². The van der Waals surface area contributed by atoms with Gasteiger partial charge in [0.25, 0.3) is 11.6 Å². The molecule has 0 radical (unpaired) electrons. The number of para-hydroxylation sites is 2. The first kappa shape index (κ1) is 25.2. The van der Waals surface area contributed by atoms with Gasteiger partial charge in [-0.1, -0.05) is 35.3 Å². The molecule has 0 aliphatic carbocycles. The Kier molecular flexibility index (Phi) is 6.75. The number of carbonyl (C=O) groups is 1. The number of nitro benzene ring substituents is 1. The molecule has 10 nitrogen and oxygen atoms in total. The number of aromatic nitrogens is 3. The number of benzene rings is 3. The number of hydrogen-bond donors (Lipinski definition) is 2. The summed E-state index contributed by atoms with van der Waals surface area (Å²) < 4.78 is 6.94. The molecule has 192 valence electrons. The fourth-order valence-corrected chi connectivity index (χ4v) is 4.75. The minimum Gasteiger partial charge on any atom is -0.495 e. The van der Waals surface area contributed by atoms with Crippen LogP contribution in [-0.4, -0.2) is 32.7 Å². The number of allylic oxidation sites excluding steroid dienone is 1. The number of hydrogen-bond acceptors (Lipinski definition) is 7. The Morgan fingerprint density at radius 2 is 1.87 bits per heavy atom. The van der Waals surface area contributed by atoms with Gasteiger partial charge in [-0.15, -0.1) is 5.10 Å². The monoisotopic (exact) mass is 550 g/mol. The topological polar surface area (TPSA) is 124 Å². The third-order valence-electron chi connectivity index (χ3n) is 6.04. The molecule has 0 fully saturated rings. The molecular formula is C26H20Cl2N6O4. The normalized spacial score (nSPS) is 14.5. The Morgan fingerprint density at radius 1 is 1.13 bits per heavy atom. The first-order chi connectivity index (χ1) is 18.3. The van der Waals surface area contributed by atoms with Gasteiger partial charge in [-0.3, -0.25) is 14.9 Å². The second-order valence-corrected chi connectivity index (χ2v) is 9.24. The van der Waals surface area contributed by atoms with Crippen molar-refractivity contribution >= 4 is 46.4 Å². The molecule has 12 heteroatoms. The van der Waals surface area contributed by atoms with E-state index in [1.54, 1.807) is 66.2 Å². The van der Waals surface area contributed by atoms with E-state index in [0.29, 0.717) is 55.7 Å². The van der Waals surface area contributed by atoms with E-state index in [2.05, 4.69) is 20.7 Å². The highest BCUT2D eigenvalue weighted by atomic mass is 35.5. The molecule has 1 aliphatic rings. The number of ether oxygens (including phenoxy) is 1. The molecular weight excluding hydrogens is 531 g/mol. The van der Waals surface area contributed by atoms with Crippen molar-refractivity contribution in [3.8, 4) is 17.1 Å². The second kappa shape index (κ2) is 10.2. The van der Waals surface area contributed by atoms with Crippen LogP contribution in [-0.2, 0) is 4.79 Å². The number of nitrogens with zero attached hydrogens (tertiary/aromatic N) is 4. The molecule has 5 rings (SSSR count). The highest BCUT2D eigenvalue weighted by molar-refractivity contribution is 6.36. The first-order valence-electron chi connectivity index (χ1n) is 11.3. The lowest BCUT2D eigenvalue weighted by atomic mass is 9.95. The van der Waals surface area contributed by atoms with Crippen molar-refractivity contribution in [2.24, 2.45) is 0 Å². The minimum absolute atomic E-state index is 0.0733. The van der Waals surface area contributed by atoms with Gasteiger partial charge in [-0.2, -0.15) is 4.98 Å². The SMILES string of the molecule is COc1ccccc1NC(=O)C1=C(C)Nc2nc(-c3ccc(Cl)cc3Cl)nn2C1c1ccc([N+](=O)[O-])cc1. The smallest absolute Gasteiger partial charge is 0.269 e. The predicted molar refractivity (Wildman–Crippen MR) is 145 cm³/mol. The number of rotatable bonds is 6. The van der Waals surface area contributed by atoms with Gasteiger partial charge in [0.1, 0.15) is 11.8 Å². The predicted octanol–water partition coefficient (Wildman–Crippen LogP) is 6.10. The Morgan fingerprint density at radius 3 is 2.55 bits per heavy atom. The second-order valence-electron chi connectivity index (χ2n) is 8.40. The molecule has 2 heterocycles. The zero-order valence-electron chi connectivity index (χ0n) is 20.1. The van der Waals surface area contributed by atoms with Crippen LogP contribution >= 0.6 is 23.2 Å². The molecule has 0 saturated carbocycles. The number of nitrogens with one attached hydrogen (secondary N) is 2. The van der Waals surface area contributed by atoms with Crippen molar-refractivity contribution in [3.63, 3.8) is 0 Å². The van der Waals surface area contributed by atoms with Crippen molar-refractivity contribution in [1.82, 2.24) is 14.8 Å². The van der Waals surface area contributed by atoms with Crippen molar-refractivity contribution in [2.45, 2.75) is 13.0 Å². The first-order valence-corrected chi connectivity index (χ1v) is 12.1. The standard InChI is InChI=1S/C26H20Cl2N6O4/c1-14-22(25(35)30-20-5-3-4-6-21(20)38-2)23(15-7-10-17(11-8-15)34(36)37)33-26(29-14)31-24(32-33)18-12-9-16(27)13-19(18)28/h3-13,23H,1-2H3,(H,30,35)(H,29,31,32). The van der Waals surface area contributed by atoms with E-state index >= 15 is 0 Å². The number of amides is 1. The summed E-state index contributed by atoms with van der Waals surface area (Å²) in [5.74, 6) is 0.784. The van der Waals surface area contributed by atoms with Crippen molar-refractivity contribution in [3.05, 3.63) is 104 Å². The Labute approximate surface area is 227 Å². The van der Waals surface area contributed by atoms with Gasteiger partial charge in [-0.25, -0.2) is 4.68 Å². The lowest BCUT2D eigenvalue weighted by Gasteiger charge is -2.28. The highest BCUT2D eigenvalue weighted by Crippen LogP contribution is 2.39. The lowest BCUT2D eigenvalue weighted by Crippen LogP contribution is -2.31. The fraction of sp³-hybridized carbons (Fsp3) is 0.115. The van der Waals surface area contributed by atoms with Gasteiger partial charge in [0.2, 0.25) is 5.95 Å². The molecule has 38 heavy (non-hydrogen) atoms. The van der Waals surface area contributed by atoms with Gasteiger partial charge in [0.05, 0.1) is 28.3 Å². The lowest BCUT2D eigenvalue weighted by molar-refractivity contribution is -0.384. The van der Waals surface area contributed by atoms with E-state index in [-0.39, 0.29) is 5.69 Å². The van der Waals surface area contributed by atoms with E-state index in [9.17, 15) is 14.9 Å². The van der Waals surface area contributed by atoms with Gasteiger partial charge < -0.3 is 15.4 Å². The minimum atomic E-state index is -0.755. The number of methoxy groups -OCH3 is 1. The van der Waals surface area contributed by atoms with Crippen LogP contribution in [0.1, 0.15) is 18.5 Å². The van der Waals surface area contributed by atoms with Gasteiger partial charge in [-0.05, 0) is 55.0 Å². The van der Waals surface area contributed by atoms with Gasteiger partial charge in [0.15, 0.2) is 5.82 Å². The summed E-state index contributed by atoms with van der Waals surface area (Å²) in [5, 5.41) is 22.8. The van der Waals surface area contributed by atoms with E-state index < -0.39 is 16.9 Å². The average Bonchev–Trinajstić information content (AvgIpc) is 3.31. The van der Waals surface area contributed by atoms with Crippen molar-refractivity contribution in [2.75, 3.05) is 17.7 Å². The Hall–Kier alpha value is -4.41. The summed E-state index contributed by atoms with van der Waals surface area (Å²) in [4.78, 5) is 29.1. The summed E-state index contributed by atoms with van der Waals surface area (Å²) in [6.45, 7) is 1.75. The zero-order valence-corrected chi connectivity index (χ0v) is 21.6. The maximum Gasteiger partial charge on any atom is 0.269 e. The molecule has 0 saturated heterocycles. The molecule has 1 aliphatic heterocycles. The summed E-state index contributed by atoms with van der Waals surface area (Å²) >= 11 is 12.5. The summed E-state index contributed by atoms with van der Waals surface area (Å²) in [5.41, 5.74) is 2.45. The number of fused-ring (bicyclic) bond motifs is 1. The van der Waals surface area contributed by atoms with Crippen LogP contribution in [0.25, 0.3) is 11.4 Å². The summed E-state index contributed by atoms with van der Waals surface area (Å²) in [6.07, 6.45) is 0. The Bertz CT molecular complexity index is 1600. The quantitative estimate of drug-likeness (QED) is 0.219. The third-order valence-corrected chi connectivity index (χ3v) is 6.59. The number of nitro groups is 1. The van der Waals surface area contributed by atoms with Crippen LogP contribution in [0.3, 0.4) is 0 Å². The van der Waals surface area contributed by atoms with E-state index in [0.717, 1.165) is 0 Å². The maximum atomic E-state index is 13.7. The highest BCUT2D eigenvalue weighted by Gasteiger charge is 2.35. The van der Waals surface area contributed by atoms with Crippen LogP contribution in [0, 0.1) is 10.1 Å². The molecule has 3 aromatic carbocycles. The number of non-ortho nitro benzene ring substituents is 1. The van der Waals surface area contributed by atoms with E-state index in [4.69, 9.17) is 27.9 Å². The van der Waals surface area contributed by atoms with Crippen molar-refractivity contribution in [1.29, 1.82) is 0 Å². The fourth-order valence-electron chi connectivity index (χ4n) is 4.25. The van der Waals surface area contributed by atoms with Crippen LogP contribution in [0.4, 0.5) is 17.3 Å². The van der Waals surface area contributed by atoms with Gasteiger partial charge >= 0.3 is 0 Å².